The summed E-state index contributed by atoms with van der Waals surface area (Å²) in [5.41, 5.74) is 5.33. The fraction of sp³-hybridized carbons (Fsp3) is 0.643. The highest BCUT2D eigenvalue weighted by atomic mass is 19.4. The Kier molecular flexibility index (Phi) is 3.36. The maximum atomic E-state index is 12.7. The van der Waals surface area contributed by atoms with Gasteiger partial charge in [-0.3, -0.25) is 0 Å². The van der Waals surface area contributed by atoms with Crippen LogP contribution in [0.15, 0.2) is 12.1 Å². The predicted octanol–water partition coefficient (Wildman–Crippen LogP) is 3.09. The summed E-state index contributed by atoms with van der Waals surface area (Å²) in [6.45, 7) is 0.514. The molecule has 2 aliphatic rings. The molecule has 0 aromatic carbocycles. The number of nitrogens with zero attached hydrogens (tertiary/aromatic N) is 1. The largest absolute Gasteiger partial charge is 0.491 e. The van der Waals surface area contributed by atoms with Crippen molar-refractivity contribution in [2.45, 2.75) is 43.8 Å². The summed E-state index contributed by atoms with van der Waals surface area (Å²) in [7, 11) is 0. The molecule has 0 unspecified atom stereocenters. The van der Waals surface area contributed by atoms with Crippen LogP contribution in [0.2, 0.25) is 0 Å². The van der Waals surface area contributed by atoms with Crippen LogP contribution < -0.4 is 10.5 Å². The number of aromatic nitrogens is 1. The van der Waals surface area contributed by atoms with E-state index in [2.05, 4.69) is 4.98 Å². The molecule has 0 saturated heterocycles. The average Bonchev–Trinajstić information content (AvgIpc) is 3.16. The van der Waals surface area contributed by atoms with Crippen LogP contribution in [0, 0.1) is 5.92 Å². The Balaban J connectivity index is 1.72. The van der Waals surface area contributed by atoms with Crippen molar-refractivity contribution in [1.82, 2.24) is 4.98 Å². The van der Waals surface area contributed by atoms with Gasteiger partial charge in [0.2, 0.25) is 0 Å². The van der Waals surface area contributed by atoms with Gasteiger partial charge < -0.3 is 10.5 Å². The third-order valence-electron chi connectivity index (χ3n) is 3.89. The van der Waals surface area contributed by atoms with E-state index in [-0.39, 0.29) is 12.0 Å². The van der Waals surface area contributed by atoms with Crippen LogP contribution in [0.25, 0.3) is 0 Å². The van der Waals surface area contributed by atoms with Crippen LogP contribution in [0.1, 0.15) is 43.0 Å². The van der Waals surface area contributed by atoms with Crippen molar-refractivity contribution in [3.8, 4) is 5.75 Å². The maximum Gasteiger partial charge on any atom is 0.433 e. The topological polar surface area (TPSA) is 48.1 Å². The van der Waals surface area contributed by atoms with Gasteiger partial charge in [-0.1, -0.05) is 0 Å². The molecule has 0 atom stereocenters. The quantitative estimate of drug-likeness (QED) is 0.925. The number of rotatable bonds is 4. The zero-order chi connectivity index (χ0) is 14.3. The first kappa shape index (κ1) is 13.7. The van der Waals surface area contributed by atoms with E-state index in [1.807, 2.05) is 0 Å². The van der Waals surface area contributed by atoms with Crippen molar-refractivity contribution in [2.24, 2.45) is 11.7 Å². The second-order valence-electron chi connectivity index (χ2n) is 5.76. The van der Waals surface area contributed by atoms with Gasteiger partial charge in [-0.2, -0.15) is 13.2 Å². The van der Waals surface area contributed by atoms with Crippen molar-refractivity contribution in [2.75, 3.05) is 6.61 Å². The molecule has 2 fully saturated rings. The summed E-state index contributed by atoms with van der Waals surface area (Å²) in [4.78, 5) is 3.77. The van der Waals surface area contributed by atoms with Crippen molar-refractivity contribution >= 4 is 0 Å². The lowest BCUT2D eigenvalue weighted by atomic mass is 9.82. The Bertz CT molecular complexity index is 494. The minimum Gasteiger partial charge on any atom is -0.491 e. The van der Waals surface area contributed by atoms with E-state index in [0.29, 0.717) is 24.0 Å². The third-order valence-corrected chi connectivity index (χ3v) is 3.89. The minimum atomic E-state index is -4.40. The summed E-state index contributed by atoms with van der Waals surface area (Å²) in [5.74, 6) is 1.04. The highest BCUT2D eigenvalue weighted by Crippen LogP contribution is 2.44. The molecule has 20 heavy (non-hydrogen) atoms. The standard InChI is InChI=1S/C14H17F3N2O/c15-14(16,17)12-4-3-11(13(19-12)9-1-2-9)20-7-8-5-10(18)6-8/h3-4,8-10H,1-2,5-7,18H2/t8-,10+. The highest BCUT2D eigenvalue weighted by molar-refractivity contribution is 5.35. The van der Waals surface area contributed by atoms with Gasteiger partial charge in [0, 0.05) is 12.0 Å². The lowest BCUT2D eigenvalue weighted by Gasteiger charge is -2.32. The van der Waals surface area contributed by atoms with Crippen molar-refractivity contribution in [3.05, 3.63) is 23.5 Å². The Morgan fingerprint density at radius 1 is 1.25 bits per heavy atom. The molecule has 6 heteroatoms. The van der Waals surface area contributed by atoms with Gasteiger partial charge in [0.15, 0.2) is 0 Å². The molecular formula is C14H17F3N2O. The molecule has 2 aliphatic carbocycles. The number of hydrogen-bond acceptors (Lipinski definition) is 3. The van der Waals surface area contributed by atoms with Crippen LogP contribution in [-0.4, -0.2) is 17.6 Å². The minimum absolute atomic E-state index is 0.121. The zero-order valence-corrected chi connectivity index (χ0v) is 11.0. The molecule has 3 nitrogen and oxygen atoms in total. The number of pyridine rings is 1. The summed E-state index contributed by atoms with van der Waals surface area (Å²) in [5, 5.41) is 0. The normalized spacial score (nSPS) is 26.2. The van der Waals surface area contributed by atoms with E-state index in [1.54, 1.807) is 0 Å². The van der Waals surface area contributed by atoms with E-state index in [1.165, 1.54) is 6.07 Å². The van der Waals surface area contributed by atoms with Crippen molar-refractivity contribution < 1.29 is 17.9 Å². The van der Waals surface area contributed by atoms with Crippen LogP contribution >= 0.6 is 0 Å². The number of hydrogen-bond donors (Lipinski definition) is 1. The van der Waals surface area contributed by atoms with Crippen LogP contribution in [0.3, 0.4) is 0 Å². The van der Waals surface area contributed by atoms with E-state index in [0.717, 1.165) is 31.7 Å². The molecule has 1 aromatic rings. The van der Waals surface area contributed by atoms with Gasteiger partial charge in [-0.05, 0) is 43.7 Å². The molecule has 1 heterocycles. The molecular weight excluding hydrogens is 269 g/mol. The Morgan fingerprint density at radius 3 is 2.50 bits per heavy atom. The molecule has 0 amide bonds. The molecule has 0 bridgehead atoms. The first-order valence-corrected chi connectivity index (χ1v) is 6.90. The van der Waals surface area contributed by atoms with Gasteiger partial charge in [-0.15, -0.1) is 0 Å². The van der Waals surface area contributed by atoms with Crippen LogP contribution in [0.4, 0.5) is 13.2 Å². The van der Waals surface area contributed by atoms with E-state index in [9.17, 15) is 13.2 Å². The second kappa shape index (κ2) is 4.91. The molecule has 3 rings (SSSR count). The van der Waals surface area contributed by atoms with Crippen LogP contribution in [-0.2, 0) is 6.18 Å². The lowest BCUT2D eigenvalue weighted by molar-refractivity contribution is -0.141. The van der Waals surface area contributed by atoms with E-state index >= 15 is 0 Å². The zero-order valence-electron chi connectivity index (χ0n) is 11.0. The van der Waals surface area contributed by atoms with E-state index in [4.69, 9.17) is 10.5 Å². The molecule has 0 radical (unpaired) electrons. The van der Waals surface area contributed by atoms with Gasteiger partial charge in [0.25, 0.3) is 0 Å². The fourth-order valence-electron chi connectivity index (χ4n) is 2.52. The number of halogens is 3. The van der Waals surface area contributed by atoms with Gasteiger partial charge in [0.05, 0.1) is 12.3 Å². The summed E-state index contributed by atoms with van der Waals surface area (Å²) < 4.78 is 43.7. The van der Waals surface area contributed by atoms with Gasteiger partial charge >= 0.3 is 6.18 Å². The Morgan fingerprint density at radius 2 is 1.95 bits per heavy atom. The smallest absolute Gasteiger partial charge is 0.433 e. The molecule has 1 aromatic heterocycles. The van der Waals surface area contributed by atoms with Crippen molar-refractivity contribution in [3.63, 3.8) is 0 Å². The monoisotopic (exact) mass is 286 g/mol. The number of nitrogens with two attached hydrogens (primary N) is 1. The first-order valence-electron chi connectivity index (χ1n) is 6.90. The lowest BCUT2D eigenvalue weighted by Crippen LogP contribution is -2.39. The summed E-state index contributed by atoms with van der Waals surface area (Å²) in [6.07, 6.45) is -0.777. The molecule has 0 aliphatic heterocycles. The molecule has 2 N–H and O–H groups in total. The highest BCUT2D eigenvalue weighted by Gasteiger charge is 2.36. The predicted molar refractivity (Wildman–Crippen MR) is 67.4 cm³/mol. The van der Waals surface area contributed by atoms with Gasteiger partial charge in [0.1, 0.15) is 11.4 Å². The first-order chi connectivity index (χ1) is 9.43. The molecule has 2 saturated carbocycles. The Labute approximate surface area is 115 Å². The summed E-state index contributed by atoms with van der Waals surface area (Å²) in [6, 6.07) is 2.65. The summed E-state index contributed by atoms with van der Waals surface area (Å²) >= 11 is 0. The van der Waals surface area contributed by atoms with Crippen LogP contribution in [0.5, 0.6) is 5.75 Å². The van der Waals surface area contributed by atoms with Gasteiger partial charge in [-0.25, -0.2) is 4.98 Å². The van der Waals surface area contributed by atoms with E-state index < -0.39 is 11.9 Å². The molecule has 110 valence electrons. The SMILES string of the molecule is N[C@H]1C[C@@H](COc2ccc(C(F)(F)F)nc2C2CC2)C1. The second-order valence-corrected chi connectivity index (χ2v) is 5.76. The maximum absolute atomic E-state index is 12.7. The fourth-order valence-corrected chi connectivity index (χ4v) is 2.52. The number of ether oxygens (including phenoxy) is 1. The third kappa shape index (κ3) is 2.90. The average molecular weight is 286 g/mol. The Hall–Kier alpha value is -1.30. The molecule has 0 spiro atoms. The number of alkyl halides is 3. The van der Waals surface area contributed by atoms with Crippen molar-refractivity contribution in [1.29, 1.82) is 0 Å².